The van der Waals surface area contributed by atoms with E-state index in [2.05, 4.69) is 10.2 Å². The smallest absolute Gasteiger partial charge is 0.152 e. The standard InChI is InChI=1S/C14H19FN2O/c1-16-9-7-12(15)14(13(18)8-9)17-10-3-2-4-11(17)6-5-10/h7-8,10-11,16,18H,2-6H2,1H3. The third kappa shape index (κ3) is 1.71. The molecule has 2 aliphatic heterocycles. The van der Waals surface area contributed by atoms with Crippen LogP contribution in [0.1, 0.15) is 32.1 Å². The SMILES string of the molecule is CNc1cc(O)c(N2C3CCCC2CC3)c(F)c1. The molecule has 2 fully saturated rings. The largest absolute Gasteiger partial charge is 0.506 e. The van der Waals surface area contributed by atoms with E-state index in [1.54, 1.807) is 13.1 Å². The van der Waals surface area contributed by atoms with Crippen molar-refractivity contribution in [2.75, 3.05) is 17.3 Å². The zero-order chi connectivity index (χ0) is 12.7. The second kappa shape index (κ2) is 4.34. The molecule has 0 spiro atoms. The predicted octanol–water partition coefficient (Wildman–Crippen LogP) is 3.09. The molecule has 2 aliphatic rings. The summed E-state index contributed by atoms with van der Waals surface area (Å²) in [5, 5.41) is 13.0. The van der Waals surface area contributed by atoms with Gasteiger partial charge in [0.2, 0.25) is 0 Å². The van der Waals surface area contributed by atoms with Gasteiger partial charge in [-0.3, -0.25) is 0 Å². The molecule has 3 nitrogen and oxygen atoms in total. The number of halogens is 1. The minimum Gasteiger partial charge on any atom is -0.506 e. The molecule has 18 heavy (non-hydrogen) atoms. The van der Waals surface area contributed by atoms with Crippen molar-refractivity contribution in [3.8, 4) is 5.75 Å². The Kier molecular flexibility index (Phi) is 2.80. The maximum atomic E-state index is 14.2. The van der Waals surface area contributed by atoms with E-state index in [1.165, 1.54) is 12.5 Å². The molecule has 0 amide bonds. The summed E-state index contributed by atoms with van der Waals surface area (Å²) in [5.41, 5.74) is 1.01. The Hall–Kier alpha value is -1.45. The Labute approximate surface area is 107 Å². The first kappa shape index (κ1) is 11.6. The minimum absolute atomic E-state index is 0.0538. The quantitative estimate of drug-likeness (QED) is 0.846. The predicted molar refractivity (Wildman–Crippen MR) is 70.8 cm³/mol. The lowest BCUT2D eigenvalue weighted by Crippen LogP contribution is -2.40. The number of benzene rings is 1. The fourth-order valence-corrected chi connectivity index (χ4v) is 3.47. The topological polar surface area (TPSA) is 35.5 Å². The zero-order valence-electron chi connectivity index (χ0n) is 10.6. The first-order valence-corrected chi connectivity index (χ1v) is 6.69. The van der Waals surface area contributed by atoms with Crippen LogP contribution in [0.2, 0.25) is 0 Å². The Morgan fingerprint density at radius 1 is 1.22 bits per heavy atom. The van der Waals surface area contributed by atoms with Crippen molar-refractivity contribution in [3.63, 3.8) is 0 Å². The van der Waals surface area contributed by atoms with Crippen molar-refractivity contribution in [3.05, 3.63) is 17.9 Å². The second-order valence-corrected chi connectivity index (χ2v) is 5.30. The number of phenols is 1. The molecule has 2 saturated heterocycles. The van der Waals surface area contributed by atoms with E-state index in [4.69, 9.17) is 0 Å². The zero-order valence-corrected chi connectivity index (χ0v) is 10.6. The Bertz CT molecular complexity index is 424. The van der Waals surface area contributed by atoms with Crippen LogP contribution < -0.4 is 10.2 Å². The number of anilines is 2. The van der Waals surface area contributed by atoms with Crippen LogP contribution in [0.25, 0.3) is 0 Å². The highest BCUT2D eigenvalue weighted by molar-refractivity contribution is 5.67. The van der Waals surface area contributed by atoms with Crippen molar-refractivity contribution < 1.29 is 9.50 Å². The third-order valence-electron chi connectivity index (χ3n) is 4.28. The monoisotopic (exact) mass is 250 g/mol. The average molecular weight is 250 g/mol. The summed E-state index contributed by atoms with van der Waals surface area (Å²) in [6, 6.07) is 3.88. The summed E-state index contributed by atoms with van der Waals surface area (Å²) in [7, 11) is 1.72. The van der Waals surface area contributed by atoms with Crippen LogP contribution in [0.5, 0.6) is 5.75 Å². The van der Waals surface area contributed by atoms with E-state index in [0.29, 0.717) is 23.5 Å². The first-order chi connectivity index (χ1) is 8.70. The van der Waals surface area contributed by atoms with Gasteiger partial charge in [0.05, 0.1) is 0 Å². The van der Waals surface area contributed by atoms with Crippen molar-refractivity contribution in [1.82, 2.24) is 0 Å². The van der Waals surface area contributed by atoms with Crippen LogP contribution in [-0.2, 0) is 0 Å². The molecule has 0 radical (unpaired) electrons. The maximum Gasteiger partial charge on any atom is 0.152 e. The van der Waals surface area contributed by atoms with Gasteiger partial charge >= 0.3 is 0 Å². The summed E-state index contributed by atoms with van der Waals surface area (Å²) in [6.45, 7) is 0. The van der Waals surface area contributed by atoms with Gasteiger partial charge in [-0.2, -0.15) is 0 Å². The van der Waals surface area contributed by atoms with Crippen molar-refractivity contribution in [1.29, 1.82) is 0 Å². The van der Waals surface area contributed by atoms with E-state index < -0.39 is 0 Å². The van der Waals surface area contributed by atoms with Crippen LogP contribution in [0, 0.1) is 5.82 Å². The Balaban J connectivity index is 2.02. The van der Waals surface area contributed by atoms with Crippen molar-refractivity contribution in [2.45, 2.75) is 44.2 Å². The lowest BCUT2D eigenvalue weighted by Gasteiger charge is -2.37. The molecule has 0 aliphatic carbocycles. The van der Waals surface area contributed by atoms with Gasteiger partial charge in [-0.05, 0) is 38.2 Å². The molecule has 3 rings (SSSR count). The maximum absolute atomic E-state index is 14.2. The summed E-state index contributed by atoms with van der Waals surface area (Å²) in [5.74, 6) is -0.267. The number of nitrogens with zero attached hydrogens (tertiary/aromatic N) is 1. The summed E-state index contributed by atoms with van der Waals surface area (Å²) in [4.78, 5) is 2.12. The number of rotatable bonds is 2. The molecule has 0 saturated carbocycles. The molecule has 4 heteroatoms. The first-order valence-electron chi connectivity index (χ1n) is 6.69. The molecule has 0 aromatic heterocycles. The van der Waals surface area contributed by atoms with Gasteiger partial charge in [0.25, 0.3) is 0 Å². The second-order valence-electron chi connectivity index (χ2n) is 5.30. The molecule has 2 unspecified atom stereocenters. The number of aromatic hydroxyl groups is 1. The number of nitrogens with one attached hydrogen (secondary N) is 1. The minimum atomic E-state index is -0.321. The fourth-order valence-electron chi connectivity index (χ4n) is 3.47. The van der Waals surface area contributed by atoms with Gasteiger partial charge in [-0.15, -0.1) is 0 Å². The molecular weight excluding hydrogens is 231 g/mol. The summed E-state index contributed by atoms with van der Waals surface area (Å²) >= 11 is 0. The average Bonchev–Trinajstić information content (AvgIpc) is 2.60. The van der Waals surface area contributed by atoms with Crippen LogP contribution in [0.15, 0.2) is 12.1 Å². The highest BCUT2D eigenvalue weighted by Gasteiger charge is 2.38. The van der Waals surface area contributed by atoms with Gasteiger partial charge in [0.15, 0.2) is 5.82 Å². The Morgan fingerprint density at radius 2 is 1.89 bits per heavy atom. The highest BCUT2D eigenvalue weighted by Crippen LogP contribution is 2.44. The summed E-state index contributed by atoms with van der Waals surface area (Å²) < 4.78 is 14.2. The fraction of sp³-hybridized carbons (Fsp3) is 0.571. The van der Waals surface area contributed by atoms with Crippen molar-refractivity contribution >= 4 is 11.4 Å². The van der Waals surface area contributed by atoms with Crippen LogP contribution in [0.4, 0.5) is 15.8 Å². The van der Waals surface area contributed by atoms with Gasteiger partial charge in [-0.25, -0.2) is 4.39 Å². The van der Waals surface area contributed by atoms with Crippen LogP contribution in [0.3, 0.4) is 0 Å². The van der Waals surface area contributed by atoms with E-state index in [0.717, 1.165) is 25.7 Å². The lowest BCUT2D eigenvalue weighted by atomic mass is 10.0. The molecule has 2 N–H and O–H groups in total. The molecule has 2 heterocycles. The number of fused-ring (bicyclic) bond motifs is 2. The molecule has 2 bridgehead atoms. The summed E-state index contributed by atoms with van der Waals surface area (Å²) in [6.07, 6.45) is 5.70. The van der Waals surface area contributed by atoms with Crippen LogP contribution >= 0.6 is 0 Å². The van der Waals surface area contributed by atoms with E-state index >= 15 is 0 Å². The lowest BCUT2D eigenvalue weighted by molar-refractivity contribution is 0.432. The van der Waals surface area contributed by atoms with Gasteiger partial charge in [0.1, 0.15) is 11.4 Å². The number of hydrogen-bond acceptors (Lipinski definition) is 3. The number of piperidine rings is 1. The Morgan fingerprint density at radius 3 is 2.44 bits per heavy atom. The van der Waals surface area contributed by atoms with Gasteiger partial charge in [0, 0.05) is 30.9 Å². The molecule has 2 atom stereocenters. The molecule has 98 valence electrons. The molecular formula is C14H19FN2O. The van der Waals surface area contributed by atoms with Gasteiger partial charge in [-0.1, -0.05) is 0 Å². The number of hydrogen-bond donors (Lipinski definition) is 2. The highest BCUT2D eigenvalue weighted by atomic mass is 19.1. The number of phenolic OH excluding ortho intramolecular Hbond substituents is 1. The molecule has 1 aromatic rings. The third-order valence-corrected chi connectivity index (χ3v) is 4.28. The van der Waals surface area contributed by atoms with Crippen LogP contribution in [-0.4, -0.2) is 24.2 Å². The van der Waals surface area contributed by atoms with E-state index in [1.807, 2.05) is 0 Å². The van der Waals surface area contributed by atoms with E-state index in [9.17, 15) is 9.50 Å². The molecule has 1 aromatic carbocycles. The van der Waals surface area contributed by atoms with E-state index in [-0.39, 0.29) is 11.6 Å². The van der Waals surface area contributed by atoms with Gasteiger partial charge < -0.3 is 15.3 Å². The normalized spacial score (nSPS) is 26.4. The van der Waals surface area contributed by atoms with Crippen molar-refractivity contribution in [2.24, 2.45) is 0 Å².